The van der Waals surface area contributed by atoms with Crippen LogP contribution in [0.5, 0.6) is 5.75 Å². The maximum Gasteiger partial charge on any atom is 0.117 e. The second kappa shape index (κ2) is 3.12. The number of aromatic hydroxyl groups is 1. The number of hydrogen-bond donors (Lipinski definition) is 1. The van der Waals surface area contributed by atoms with Gasteiger partial charge in [0.05, 0.1) is 9.72 Å². The van der Waals surface area contributed by atoms with Crippen molar-refractivity contribution < 1.29 is 5.11 Å². The van der Waals surface area contributed by atoms with Crippen LogP contribution in [0.1, 0.15) is 0 Å². The Hall–Kier alpha value is -1.25. The summed E-state index contributed by atoms with van der Waals surface area (Å²) < 4.78 is 2.15. The summed E-state index contributed by atoms with van der Waals surface area (Å²) in [4.78, 5) is 0. The van der Waals surface area contributed by atoms with E-state index in [1.807, 2.05) is 18.2 Å². The smallest absolute Gasteiger partial charge is 0.117 e. The van der Waals surface area contributed by atoms with E-state index in [1.54, 1.807) is 23.5 Å². The number of phenolic OH excluding ortho intramolecular Hbond substituents is 1. The molecule has 0 amide bonds. The van der Waals surface area contributed by atoms with Gasteiger partial charge in [-0.3, -0.25) is 0 Å². The largest absolute Gasteiger partial charge is 0.508 e. The van der Waals surface area contributed by atoms with Crippen molar-refractivity contribution in [2.45, 2.75) is 0 Å². The van der Waals surface area contributed by atoms with Gasteiger partial charge in [0.2, 0.25) is 0 Å². The highest BCUT2D eigenvalue weighted by Gasteiger charge is 2.07. The van der Waals surface area contributed by atoms with E-state index in [0.29, 0.717) is 5.75 Å². The molecule has 0 saturated heterocycles. The molecule has 0 bridgehead atoms. The minimum atomic E-state index is 0.296. The average Bonchev–Trinajstić information content (AvgIpc) is 2.57. The highest BCUT2D eigenvalue weighted by Crippen LogP contribution is 2.38. The van der Waals surface area contributed by atoms with Crippen LogP contribution in [-0.4, -0.2) is 5.11 Å². The Bertz CT molecular complexity index is 657. The Morgan fingerprint density at radius 2 is 1.93 bits per heavy atom. The Balaban J connectivity index is 2.57. The molecule has 0 unspecified atom stereocenters. The van der Waals surface area contributed by atoms with Gasteiger partial charge in [0.25, 0.3) is 0 Å². The molecule has 1 heterocycles. The van der Waals surface area contributed by atoms with Crippen molar-refractivity contribution in [1.29, 1.82) is 0 Å². The number of hydrogen-bond acceptors (Lipinski definition) is 2. The van der Waals surface area contributed by atoms with Gasteiger partial charge in [-0.2, -0.15) is 0 Å². The van der Waals surface area contributed by atoms with Gasteiger partial charge < -0.3 is 5.11 Å². The Kier molecular flexibility index (Phi) is 1.87. The van der Waals surface area contributed by atoms with Crippen molar-refractivity contribution in [2.75, 3.05) is 0 Å². The average molecular weight is 235 g/mol. The standard InChI is InChI=1S/C12H7ClOS/c13-10-3-1-2-9-8-5-4-7(14)6-11(8)15-12(9)10/h1-6,14H. The summed E-state index contributed by atoms with van der Waals surface area (Å²) in [7, 11) is 0. The lowest BCUT2D eigenvalue weighted by atomic mass is 10.1. The number of phenols is 1. The molecule has 0 aliphatic heterocycles. The van der Waals surface area contributed by atoms with E-state index >= 15 is 0 Å². The van der Waals surface area contributed by atoms with Crippen LogP contribution in [0.3, 0.4) is 0 Å². The molecule has 3 heteroatoms. The quantitative estimate of drug-likeness (QED) is 0.611. The number of fused-ring (bicyclic) bond motifs is 3. The van der Waals surface area contributed by atoms with E-state index in [1.165, 1.54) is 0 Å². The fraction of sp³-hybridized carbons (Fsp3) is 0. The summed E-state index contributed by atoms with van der Waals surface area (Å²) in [6, 6.07) is 11.3. The van der Waals surface area contributed by atoms with Gasteiger partial charge in [-0.15, -0.1) is 11.3 Å². The van der Waals surface area contributed by atoms with E-state index in [4.69, 9.17) is 11.6 Å². The second-order valence-electron chi connectivity index (χ2n) is 3.40. The minimum absolute atomic E-state index is 0.296. The number of benzene rings is 2. The fourth-order valence-electron chi connectivity index (χ4n) is 1.75. The predicted molar refractivity (Wildman–Crippen MR) is 66.0 cm³/mol. The Morgan fingerprint density at radius 1 is 1.07 bits per heavy atom. The first-order chi connectivity index (χ1) is 7.25. The van der Waals surface area contributed by atoms with Crippen molar-refractivity contribution in [3.63, 3.8) is 0 Å². The topological polar surface area (TPSA) is 20.2 Å². The van der Waals surface area contributed by atoms with E-state index < -0.39 is 0 Å². The van der Waals surface area contributed by atoms with Crippen LogP contribution >= 0.6 is 22.9 Å². The molecule has 0 aliphatic carbocycles. The summed E-state index contributed by atoms with van der Waals surface area (Å²) in [5, 5.41) is 12.5. The molecule has 0 atom stereocenters. The summed E-state index contributed by atoms with van der Waals surface area (Å²) >= 11 is 7.73. The number of thiophene rings is 1. The minimum Gasteiger partial charge on any atom is -0.508 e. The van der Waals surface area contributed by atoms with Gasteiger partial charge in [-0.1, -0.05) is 23.7 Å². The van der Waals surface area contributed by atoms with E-state index in [-0.39, 0.29) is 0 Å². The Morgan fingerprint density at radius 3 is 2.80 bits per heavy atom. The number of rotatable bonds is 0. The Labute approximate surface area is 95.5 Å². The van der Waals surface area contributed by atoms with Crippen LogP contribution in [0, 0.1) is 0 Å². The first kappa shape index (κ1) is 9.01. The van der Waals surface area contributed by atoms with Crippen molar-refractivity contribution in [1.82, 2.24) is 0 Å². The highest BCUT2D eigenvalue weighted by atomic mass is 35.5. The molecule has 1 nitrogen and oxygen atoms in total. The molecule has 1 N–H and O–H groups in total. The van der Waals surface area contributed by atoms with Crippen molar-refractivity contribution >= 4 is 43.1 Å². The van der Waals surface area contributed by atoms with Crippen molar-refractivity contribution in [2.24, 2.45) is 0 Å². The third-order valence-corrected chi connectivity index (χ3v) is 4.06. The van der Waals surface area contributed by atoms with Crippen molar-refractivity contribution in [3.8, 4) is 5.75 Å². The molecule has 74 valence electrons. The lowest BCUT2D eigenvalue weighted by molar-refractivity contribution is 0.476. The third kappa shape index (κ3) is 1.29. The van der Waals surface area contributed by atoms with E-state index in [9.17, 15) is 5.11 Å². The molecular weight excluding hydrogens is 228 g/mol. The van der Waals surface area contributed by atoms with Gasteiger partial charge in [0.1, 0.15) is 5.75 Å². The van der Waals surface area contributed by atoms with E-state index in [0.717, 1.165) is 25.2 Å². The second-order valence-corrected chi connectivity index (χ2v) is 4.86. The highest BCUT2D eigenvalue weighted by molar-refractivity contribution is 7.26. The normalized spacial score (nSPS) is 11.3. The lowest BCUT2D eigenvalue weighted by Crippen LogP contribution is -1.67. The zero-order valence-corrected chi connectivity index (χ0v) is 9.27. The summed E-state index contributed by atoms with van der Waals surface area (Å²) in [6.45, 7) is 0. The SMILES string of the molecule is Oc1ccc2c(c1)sc1c(Cl)cccc12. The molecule has 0 spiro atoms. The molecule has 3 rings (SSSR count). The van der Waals surface area contributed by atoms with Crippen LogP contribution < -0.4 is 0 Å². The van der Waals surface area contributed by atoms with Crippen LogP contribution in [-0.2, 0) is 0 Å². The summed E-state index contributed by atoms with van der Waals surface area (Å²) in [5.41, 5.74) is 0. The maximum atomic E-state index is 9.40. The zero-order chi connectivity index (χ0) is 10.4. The summed E-state index contributed by atoms with van der Waals surface area (Å²) in [6.07, 6.45) is 0. The first-order valence-corrected chi connectivity index (χ1v) is 5.75. The van der Waals surface area contributed by atoms with Crippen molar-refractivity contribution in [3.05, 3.63) is 41.4 Å². The number of halogens is 1. The molecule has 0 aliphatic rings. The van der Waals surface area contributed by atoms with Crippen LogP contribution in [0.25, 0.3) is 20.2 Å². The lowest BCUT2D eigenvalue weighted by Gasteiger charge is -1.93. The molecule has 0 saturated carbocycles. The summed E-state index contributed by atoms with van der Waals surface area (Å²) in [5.74, 6) is 0.296. The van der Waals surface area contributed by atoms with Crippen LogP contribution in [0.4, 0.5) is 0 Å². The van der Waals surface area contributed by atoms with Gasteiger partial charge >= 0.3 is 0 Å². The molecule has 2 aromatic carbocycles. The zero-order valence-electron chi connectivity index (χ0n) is 7.70. The molecule has 0 radical (unpaired) electrons. The molecule has 3 aromatic rings. The molecular formula is C12H7ClOS. The maximum absolute atomic E-state index is 9.40. The molecule has 1 aromatic heterocycles. The van der Waals surface area contributed by atoms with Crippen LogP contribution in [0.2, 0.25) is 5.02 Å². The predicted octanol–water partition coefficient (Wildman–Crippen LogP) is 4.41. The fourth-order valence-corrected chi connectivity index (χ4v) is 3.18. The van der Waals surface area contributed by atoms with E-state index in [2.05, 4.69) is 6.07 Å². The molecule has 15 heavy (non-hydrogen) atoms. The van der Waals surface area contributed by atoms with Gasteiger partial charge in [-0.05, 0) is 24.3 Å². The van der Waals surface area contributed by atoms with Crippen LogP contribution in [0.15, 0.2) is 36.4 Å². The monoisotopic (exact) mass is 234 g/mol. The van der Waals surface area contributed by atoms with Gasteiger partial charge in [-0.25, -0.2) is 0 Å². The first-order valence-electron chi connectivity index (χ1n) is 4.55. The van der Waals surface area contributed by atoms with Gasteiger partial charge in [0.15, 0.2) is 0 Å². The van der Waals surface area contributed by atoms with Gasteiger partial charge in [0, 0.05) is 15.5 Å². The third-order valence-electron chi connectivity index (χ3n) is 2.43. The molecule has 0 fully saturated rings.